The SMILES string of the molecule is CN=C(NCc1cn2cc(Br)ccc2n1)NC(C)c1ccccc1.I. The fourth-order valence-corrected chi connectivity index (χ4v) is 2.85. The van der Waals surface area contributed by atoms with Gasteiger partial charge in [0, 0.05) is 23.9 Å². The van der Waals surface area contributed by atoms with Crippen molar-refractivity contribution in [3.05, 3.63) is 70.6 Å². The average Bonchev–Trinajstić information content (AvgIpc) is 3.01. The first-order chi connectivity index (χ1) is 11.7. The van der Waals surface area contributed by atoms with E-state index in [1.807, 2.05) is 47.1 Å². The molecule has 0 bridgehead atoms. The van der Waals surface area contributed by atoms with Gasteiger partial charge in [-0.3, -0.25) is 4.99 Å². The van der Waals surface area contributed by atoms with Crippen LogP contribution in [0.4, 0.5) is 0 Å². The largest absolute Gasteiger partial charge is 0.351 e. The Bertz CT molecular complexity index is 847. The Labute approximate surface area is 173 Å². The third-order valence-electron chi connectivity index (χ3n) is 3.78. The molecule has 0 radical (unpaired) electrons. The first-order valence-corrected chi connectivity index (χ1v) is 8.60. The lowest BCUT2D eigenvalue weighted by molar-refractivity contribution is 0.683. The molecule has 3 aromatic rings. The van der Waals surface area contributed by atoms with E-state index in [9.17, 15) is 0 Å². The van der Waals surface area contributed by atoms with Crippen LogP contribution in [0.1, 0.15) is 24.2 Å². The Hall–Kier alpha value is -1.61. The topological polar surface area (TPSA) is 53.7 Å². The molecular formula is C18H21BrIN5. The molecule has 7 heteroatoms. The zero-order chi connectivity index (χ0) is 16.9. The van der Waals surface area contributed by atoms with E-state index in [0.29, 0.717) is 6.54 Å². The highest BCUT2D eigenvalue weighted by Crippen LogP contribution is 2.13. The van der Waals surface area contributed by atoms with Gasteiger partial charge < -0.3 is 15.0 Å². The molecule has 1 aromatic carbocycles. The fraction of sp³-hybridized carbons (Fsp3) is 0.222. The van der Waals surface area contributed by atoms with Crippen LogP contribution in [0.3, 0.4) is 0 Å². The third kappa shape index (κ3) is 5.18. The molecule has 2 heterocycles. The van der Waals surface area contributed by atoms with E-state index in [2.05, 4.69) is 55.6 Å². The summed E-state index contributed by atoms with van der Waals surface area (Å²) in [4.78, 5) is 8.88. The van der Waals surface area contributed by atoms with Gasteiger partial charge in [-0.2, -0.15) is 0 Å². The van der Waals surface area contributed by atoms with Crippen LogP contribution in [0, 0.1) is 0 Å². The predicted octanol–water partition coefficient (Wildman–Crippen LogP) is 4.14. The van der Waals surface area contributed by atoms with E-state index in [1.165, 1.54) is 5.56 Å². The number of pyridine rings is 1. The second-order valence-corrected chi connectivity index (χ2v) is 6.46. The summed E-state index contributed by atoms with van der Waals surface area (Å²) in [6.45, 7) is 2.73. The molecule has 0 fully saturated rings. The maximum absolute atomic E-state index is 4.59. The van der Waals surface area contributed by atoms with Gasteiger partial charge in [0.1, 0.15) is 5.65 Å². The van der Waals surface area contributed by atoms with E-state index < -0.39 is 0 Å². The van der Waals surface area contributed by atoms with Gasteiger partial charge in [0.2, 0.25) is 0 Å². The Morgan fingerprint density at radius 2 is 1.96 bits per heavy atom. The smallest absolute Gasteiger partial charge is 0.191 e. The number of imidazole rings is 1. The van der Waals surface area contributed by atoms with Crippen LogP contribution in [0.2, 0.25) is 0 Å². The fourth-order valence-electron chi connectivity index (χ4n) is 2.50. The van der Waals surface area contributed by atoms with Crippen LogP contribution in [-0.4, -0.2) is 22.4 Å². The summed E-state index contributed by atoms with van der Waals surface area (Å²) >= 11 is 3.47. The van der Waals surface area contributed by atoms with Gasteiger partial charge in [-0.1, -0.05) is 30.3 Å². The highest BCUT2D eigenvalue weighted by atomic mass is 127. The van der Waals surface area contributed by atoms with Crippen molar-refractivity contribution in [3.63, 3.8) is 0 Å². The Morgan fingerprint density at radius 3 is 2.68 bits per heavy atom. The summed E-state index contributed by atoms with van der Waals surface area (Å²) in [7, 11) is 1.77. The minimum atomic E-state index is 0. The molecule has 0 spiro atoms. The average molecular weight is 514 g/mol. The van der Waals surface area contributed by atoms with Crippen LogP contribution in [0.5, 0.6) is 0 Å². The van der Waals surface area contributed by atoms with Gasteiger partial charge >= 0.3 is 0 Å². The molecule has 0 saturated heterocycles. The molecular weight excluding hydrogens is 493 g/mol. The van der Waals surface area contributed by atoms with Crippen molar-refractivity contribution in [1.82, 2.24) is 20.0 Å². The van der Waals surface area contributed by atoms with E-state index >= 15 is 0 Å². The van der Waals surface area contributed by atoms with Crippen LogP contribution in [0.25, 0.3) is 5.65 Å². The van der Waals surface area contributed by atoms with Crippen LogP contribution in [-0.2, 0) is 6.54 Å². The number of halogens is 2. The molecule has 2 N–H and O–H groups in total. The molecule has 0 aliphatic heterocycles. The molecule has 3 rings (SSSR count). The summed E-state index contributed by atoms with van der Waals surface area (Å²) in [6.07, 6.45) is 4.01. The van der Waals surface area contributed by atoms with E-state index in [-0.39, 0.29) is 30.0 Å². The summed E-state index contributed by atoms with van der Waals surface area (Å²) in [5.74, 6) is 0.754. The summed E-state index contributed by atoms with van der Waals surface area (Å²) in [6, 6.07) is 14.5. The lowest BCUT2D eigenvalue weighted by Crippen LogP contribution is -2.38. The predicted molar refractivity (Wildman–Crippen MR) is 116 cm³/mol. The van der Waals surface area contributed by atoms with Gasteiger partial charge in [-0.05, 0) is 40.5 Å². The summed E-state index contributed by atoms with van der Waals surface area (Å²) < 4.78 is 3.03. The number of benzene rings is 1. The minimum Gasteiger partial charge on any atom is -0.351 e. The van der Waals surface area contributed by atoms with Gasteiger partial charge in [0.05, 0.1) is 18.3 Å². The monoisotopic (exact) mass is 513 g/mol. The van der Waals surface area contributed by atoms with Gasteiger partial charge in [-0.25, -0.2) is 4.98 Å². The molecule has 1 unspecified atom stereocenters. The van der Waals surface area contributed by atoms with Crippen molar-refractivity contribution in [2.24, 2.45) is 4.99 Å². The molecule has 0 amide bonds. The summed E-state index contributed by atoms with van der Waals surface area (Å²) in [5, 5.41) is 6.71. The maximum atomic E-state index is 4.59. The summed E-state index contributed by atoms with van der Waals surface area (Å²) in [5.41, 5.74) is 3.11. The number of hydrogen-bond acceptors (Lipinski definition) is 2. The van der Waals surface area contributed by atoms with Crippen molar-refractivity contribution in [3.8, 4) is 0 Å². The molecule has 1 atom stereocenters. The Kier molecular flexibility index (Phi) is 7.24. The number of aliphatic imine (C=N–C) groups is 1. The number of rotatable bonds is 4. The lowest BCUT2D eigenvalue weighted by atomic mass is 10.1. The molecule has 0 aliphatic carbocycles. The van der Waals surface area contributed by atoms with E-state index in [4.69, 9.17) is 0 Å². The molecule has 5 nitrogen and oxygen atoms in total. The normalized spacial score (nSPS) is 12.5. The van der Waals surface area contributed by atoms with Crippen molar-refractivity contribution < 1.29 is 0 Å². The second-order valence-electron chi connectivity index (χ2n) is 5.55. The molecule has 2 aromatic heterocycles. The number of nitrogens with zero attached hydrogens (tertiary/aromatic N) is 3. The highest BCUT2D eigenvalue weighted by Gasteiger charge is 2.08. The molecule has 0 saturated carbocycles. The van der Waals surface area contributed by atoms with Gasteiger partial charge in [0.15, 0.2) is 5.96 Å². The number of nitrogens with one attached hydrogen (secondary N) is 2. The second kappa shape index (κ2) is 9.19. The van der Waals surface area contributed by atoms with Gasteiger partial charge in [-0.15, -0.1) is 24.0 Å². The first-order valence-electron chi connectivity index (χ1n) is 7.81. The Balaban J connectivity index is 0.00000225. The van der Waals surface area contributed by atoms with Crippen LogP contribution < -0.4 is 10.6 Å². The lowest BCUT2D eigenvalue weighted by Gasteiger charge is -2.17. The highest BCUT2D eigenvalue weighted by molar-refractivity contribution is 14.0. The van der Waals surface area contributed by atoms with Crippen molar-refractivity contribution in [2.45, 2.75) is 19.5 Å². The quantitative estimate of drug-likeness (QED) is 0.313. The molecule has 25 heavy (non-hydrogen) atoms. The van der Waals surface area contributed by atoms with Crippen LogP contribution in [0.15, 0.2) is 64.3 Å². The maximum Gasteiger partial charge on any atom is 0.191 e. The standard InChI is InChI=1S/C18H20BrN5.HI/c1-13(14-6-4-3-5-7-14)22-18(20-2)21-10-16-12-24-11-15(19)8-9-17(24)23-16;/h3-9,11-13H,10H2,1-2H3,(H2,20,21,22);1H. The minimum absolute atomic E-state index is 0. The number of hydrogen-bond donors (Lipinski definition) is 2. The number of guanidine groups is 1. The number of aromatic nitrogens is 2. The molecule has 0 aliphatic rings. The van der Waals surface area contributed by atoms with Crippen molar-refractivity contribution in [2.75, 3.05) is 7.05 Å². The van der Waals surface area contributed by atoms with E-state index in [0.717, 1.165) is 21.8 Å². The van der Waals surface area contributed by atoms with Crippen molar-refractivity contribution in [1.29, 1.82) is 0 Å². The molecule has 132 valence electrons. The van der Waals surface area contributed by atoms with Crippen LogP contribution >= 0.6 is 39.9 Å². The van der Waals surface area contributed by atoms with E-state index in [1.54, 1.807) is 7.05 Å². The van der Waals surface area contributed by atoms with Crippen molar-refractivity contribution >= 4 is 51.5 Å². The zero-order valence-corrected chi connectivity index (χ0v) is 18.0. The first kappa shape index (κ1) is 19.7. The number of fused-ring (bicyclic) bond motifs is 1. The third-order valence-corrected chi connectivity index (χ3v) is 4.25. The van der Waals surface area contributed by atoms with Gasteiger partial charge in [0.25, 0.3) is 0 Å². The zero-order valence-electron chi connectivity index (χ0n) is 14.1. The Morgan fingerprint density at radius 1 is 1.20 bits per heavy atom.